The largest absolute Gasteiger partial charge is 0.444 e. The van der Waals surface area contributed by atoms with Crippen LogP contribution in [0.1, 0.15) is 44.0 Å². The molecule has 2 rings (SSSR count). The highest BCUT2D eigenvalue weighted by atomic mass is 32.1. The third-order valence-electron chi connectivity index (χ3n) is 3.83. The Hall–Kier alpha value is -1.44. The van der Waals surface area contributed by atoms with Crippen LogP contribution in [0.15, 0.2) is 12.3 Å². The van der Waals surface area contributed by atoms with E-state index >= 15 is 0 Å². The molecule has 25 heavy (non-hydrogen) atoms. The number of halogens is 3. The summed E-state index contributed by atoms with van der Waals surface area (Å²) in [5, 5.41) is 0. The normalized spacial score (nSPS) is 18.0. The van der Waals surface area contributed by atoms with Crippen LogP contribution in [0.2, 0.25) is 0 Å². The molecule has 0 saturated carbocycles. The number of hydrogen-bond donors (Lipinski definition) is 0. The molecule has 1 aliphatic rings. The molecule has 1 fully saturated rings. The summed E-state index contributed by atoms with van der Waals surface area (Å²) < 4.78 is 44.8. The molecular formula is C17H25F3N2O2S. The van der Waals surface area contributed by atoms with Gasteiger partial charge < -0.3 is 9.64 Å². The van der Waals surface area contributed by atoms with Crippen molar-refractivity contribution in [3.63, 3.8) is 0 Å². The number of hydrogen-bond acceptors (Lipinski definition) is 3. The number of ether oxygens (including phenoxy) is 1. The fourth-order valence-electron chi connectivity index (χ4n) is 2.77. The lowest BCUT2D eigenvalue weighted by Crippen LogP contribution is -2.35. The van der Waals surface area contributed by atoms with Crippen LogP contribution < -0.4 is 0 Å². The molecular weight excluding hydrogens is 353 g/mol. The maximum Gasteiger partial charge on any atom is 0.418 e. The number of rotatable bonds is 2. The molecule has 1 aliphatic heterocycles. The predicted octanol–water partition coefficient (Wildman–Crippen LogP) is 4.32. The summed E-state index contributed by atoms with van der Waals surface area (Å²) in [6.07, 6.45) is -2.54. The number of carbonyl (C=O) groups is 1. The summed E-state index contributed by atoms with van der Waals surface area (Å²) in [5.41, 5.74) is -0.743. The highest BCUT2D eigenvalue weighted by molar-refractivity contribution is 7.59. The molecule has 2 heterocycles. The van der Waals surface area contributed by atoms with Gasteiger partial charge in [-0.2, -0.15) is 26.7 Å². The van der Waals surface area contributed by atoms with Gasteiger partial charge in [0.25, 0.3) is 0 Å². The molecule has 4 nitrogen and oxygen atoms in total. The fraction of sp³-hybridized carbons (Fsp3) is 0.647. The topological polar surface area (TPSA) is 42.4 Å². The van der Waals surface area contributed by atoms with E-state index in [0.717, 1.165) is 6.07 Å². The molecule has 1 atom stereocenters. The zero-order valence-electron chi connectivity index (χ0n) is 14.9. The Kier molecular flexibility index (Phi) is 6.78. The van der Waals surface area contributed by atoms with E-state index < -0.39 is 23.4 Å². The van der Waals surface area contributed by atoms with Gasteiger partial charge in [0.15, 0.2) is 0 Å². The second-order valence-electron chi connectivity index (χ2n) is 7.29. The molecule has 0 N–H and O–H groups in total. The van der Waals surface area contributed by atoms with E-state index in [-0.39, 0.29) is 31.5 Å². The maximum absolute atomic E-state index is 13.2. The Morgan fingerprint density at radius 1 is 1.36 bits per heavy atom. The Bertz CT molecular complexity index is 615. The molecule has 0 bridgehead atoms. The molecule has 1 unspecified atom stereocenters. The highest BCUT2D eigenvalue weighted by Crippen LogP contribution is 2.34. The third kappa shape index (κ3) is 6.09. The minimum atomic E-state index is -4.42. The molecule has 0 aromatic carbocycles. The van der Waals surface area contributed by atoms with Gasteiger partial charge in [0.2, 0.25) is 0 Å². The number of carbonyl (C=O) groups excluding carboxylic acids is 1. The van der Waals surface area contributed by atoms with Crippen LogP contribution in [-0.2, 0) is 17.3 Å². The monoisotopic (exact) mass is 378 g/mol. The molecule has 8 heteroatoms. The molecule has 142 valence electrons. The highest BCUT2D eigenvalue weighted by Gasteiger charge is 2.36. The van der Waals surface area contributed by atoms with E-state index in [0.29, 0.717) is 25.1 Å². The van der Waals surface area contributed by atoms with Crippen LogP contribution in [0, 0.1) is 12.8 Å². The first-order chi connectivity index (χ1) is 11.0. The first-order valence-electron chi connectivity index (χ1n) is 7.96. The fourth-order valence-corrected chi connectivity index (χ4v) is 2.77. The molecule has 1 saturated heterocycles. The van der Waals surface area contributed by atoms with E-state index in [9.17, 15) is 18.0 Å². The molecule has 0 radical (unpaired) electrons. The first-order valence-corrected chi connectivity index (χ1v) is 7.96. The maximum atomic E-state index is 13.2. The van der Waals surface area contributed by atoms with E-state index in [1.807, 2.05) is 0 Å². The van der Waals surface area contributed by atoms with Crippen molar-refractivity contribution < 1.29 is 22.7 Å². The van der Waals surface area contributed by atoms with Crippen molar-refractivity contribution in [2.24, 2.45) is 5.92 Å². The van der Waals surface area contributed by atoms with Crippen LogP contribution in [-0.4, -0.2) is 34.7 Å². The third-order valence-corrected chi connectivity index (χ3v) is 3.83. The van der Waals surface area contributed by atoms with Gasteiger partial charge in [-0.05, 0) is 58.1 Å². The van der Waals surface area contributed by atoms with Crippen LogP contribution in [0.5, 0.6) is 0 Å². The average molecular weight is 378 g/mol. The molecule has 1 aromatic rings. The second-order valence-corrected chi connectivity index (χ2v) is 7.29. The lowest BCUT2D eigenvalue weighted by Gasteiger charge is -2.24. The van der Waals surface area contributed by atoms with Gasteiger partial charge >= 0.3 is 12.3 Å². The van der Waals surface area contributed by atoms with Gasteiger partial charge in [-0.1, -0.05) is 0 Å². The van der Waals surface area contributed by atoms with Crippen LogP contribution in [0.4, 0.5) is 18.0 Å². The van der Waals surface area contributed by atoms with Crippen LogP contribution in [0.3, 0.4) is 0 Å². The van der Waals surface area contributed by atoms with Crippen LogP contribution in [0.25, 0.3) is 0 Å². The lowest BCUT2D eigenvalue weighted by molar-refractivity contribution is -0.138. The number of aromatic nitrogens is 1. The molecule has 0 spiro atoms. The minimum absolute atomic E-state index is 0. The number of alkyl halides is 3. The Labute approximate surface area is 153 Å². The van der Waals surface area contributed by atoms with Crippen molar-refractivity contribution in [1.82, 2.24) is 9.88 Å². The number of amides is 1. The average Bonchev–Trinajstić information content (AvgIpc) is 2.86. The van der Waals surface area contributed by atoms with Gasteiger partial charge in [-0.25, -0.2) is 4.79 Å². The predicted molar refractivity (Wildman–Crippen MR) is 94.0 cm³/mol. The lowest BCUT2D eigenvalue weighted by atomic mass is 9.98. The molecule has 1 aromatic heterocycles. The van der Waals surface area contributed by atoms with Crippen molar-refractivity contribution >= 4 is 19.6 Å². The van der Waals surface area contributed by atoms with Gasteiger partial charge in [0.1, 0.15) is 5.60 Å². The number of aryl methyl sites for hydroxylation is 1. The minimum Gasteiger partial charge on any atom is -0.444 e. The Morgan fingerprint density at radius 2 is 2.00 bits per heavy atom. The number of pyridine rings is 1. The Morgan fingerprint density at radius 3 is 2.56 bits per heavy atom. The molecule has 1 amide bonds. The SMILES string of the molecule is Cc1cnc(CC2CCN(C(=O)OC(C)(C)C)C2)c(C(F)(F)F)c1.S. The summed E-state index contributed by atoms with van der Waals surface area (Å²) in [6, 6.07) is 1.13. The zero-order chi connectivity index (χ0) is 18.1. The summed E-state index contributed by atoms with van der Waals surface area (Å²) in [4.78, 5) is 17.6. The van der Waals surface area contributed by atoms with Crippen molar-refractivity contribution in [1.29, 1.82) is 0 Å². The molecule has 0 aliphatic carbocycles. The van der Waals surface area contributed by atoms with Gasteiger partial charge in [-0.15, -0.1) is 0 Å². The second kappa shape index (κ2) is 7.85. The van der Waals surface area contributed by atoms with Crippen molar-refractivity contribution in [3.8, 4) is 0 Å². The Balaban J connectivity index is 0.00000312. The summed E-state index contributed by atoms with van der Waals surface area (Å²) >= 11 is 0. The van der Waals surface area contributed by atoms with Crippen molar-refractivity contribution in [3.05, 3.63) is 29.1 Å². The quantitative estimate of drug-likeness (QED) is 0.770. The van der Waals surface area contributed by atoms with Gasteiger partial charge in [0.05, 0.1) is 11.3 Å². The summed E-state index contributed by atoms with van der Waals surface area (Å²) in [7, 11) is 0. The van der Waals surface area contributed by atoms with E-state index in [4.69, 9.17) is 4.74 Å². The van der Waals surface area contributed by atoms with E-state index in [1.165, 1.54) is 6.20 Å². The van der Waals surface area contributed by atoms with Crippen molar-refractivity contribution in [2.75, 3.05) is 13.1 Å². The smallest absolute Gasteiger partial charge is 0.418 e. The van der Waals surface area contributed by atoms with Crippen molar-refractivity contribution in [2.45, 2.75) is 52.3 Å². The summed E-state index contributed by atoms with van der Waals surface area (Å²) in [5.74, 6) is -0.0474. The van der Waals surface area contributed by atoms with Crippen LogP contribution >= 0.6 is 13.5 Å². The number of nitrogens with zero attached hydrogens (tertiary/aromatic N) is 2. The van der Waals surface area contributed by atoms with E-state index in [1.54, 1.807) is 32.6 Å². The zero-order valence-corrected chi connectivity index (χ0v) is 15.9. The van der Waals surface area contributed by atoms with Gasteiger partial charge in [-0.3, -0.25) is 4.98 Å². The summed E-state index contributed by atoms with van der Waals surface area (Å²) in [6.45, 7) is 7.82. The standard InChI is InChI=1S/C17H23F3N2O2.H2S/c1-11-7-13(17(18,19)20)14(21-9-11)8-12-5-6-22(10-12)15(23)24-16(2,3)4;/h7,9,12H,5-6,8,10H2,1-4H3;1H2. The van der Waals surface area contributed by atoms with E-state index in [2.05, 4.69) is 4.98 Å². The number of likely N-dealkylation sites (tertiary alicyclic amines) is 1. The van der Waals surface area contributed by atoms with Gasteiger partial charge in [0, 0.05) is 19.3 Å². The first kappa shape index (κ1) is 21.6.